The Hall–Kier alpha value is -1.71. The average Bonchev–Trinajstić information content (AvgIpc) is 2.29. The first-order valence-corrected chi connectivity index (χ1v) is 6.50. The molecule has 0 saturated carbocycles. The number of nitrogens with one attached hydrogen (secondary N) is 1. The zero-order chi connectivity index (χ0) is 14.8. The van der Waals surface area contributed by atoms with Crippen LogP contribution in [0, 0.1) is 5.41 Å². The molecule has 1 unspecified atom stereocenters. The first-order valence-electron chi connectivity index (χ1n) is 6.50. The number of amides is 1. The van der Waals surface area contributed by atoms with E-state index >= 15 is 0 Å². The van der Waals surface area contributed by atoms with Crippen molar-refractivity contribution in [3.63, 3.8) is 0 Å². The number of hydrogen-bond donors (Lipinski definition) is 2. The molecule has 3 N–H and O–H groups in total. The smallest absolute Gasteiger partial charge is 0.253 e. The van der Waals surface area contributed by atoms with E-state index in [-0.39, 0.29) is 17.4 Å². The molecule has 106 valence electrons. The molecule has 0 spiro atoms. The molecule has 0 bridgehead atoms. The molecule has 0 radical (unpaired) electrons. The van der Waals surface area contributed by atoms with Gasteiger partial charge in [0.25, 0.3) is 5.91 Å². The Kier molecular flexibility index (Phi) is 4.45. The molecule has 4 heteroatoms. The van der Waals surface area contributed by atoms with Crippen LogP contribution in [0.1, 0.15) is 38.1 Å². The Bertz CT molecular complexity index is 461. The van der Waals surface area contributed by atoms with Gasteiger partial charge in [-0.15, -0.1) is 0 Å². The maximum absolute atomic E-state index is 11.9. The maximum Gasteiger partial charge on any atom is 0.253 e. The van der Waals surface area contributed by atoms with Gasteiger partial charge < -0.3 is 16.0 Å². The van der Waals surface area contributed by atoms with Gasteiger partial charge in [0.15, 0.2) is 0 Å². The van der Waals surface area contributed by atoms with Crippen LogP contribution in [-0.2, 0) is 0 Å². The number of anilines is 2. The largest absolute Gasteiger partial charge is 0.397 e. The molecule has 1 amide bonds. The fourth-order valence-electron chi connectivity index (χ4n) is 1.52. The summed E-state index contributed by atoms with van der Waals surface area (Å²) in [6.07, 6.45) is 0. The molecule has 19 heavy (non-hydrogen) atoms. The Labute approximate surface area is 116 Å². The highest BCUT2D eigenvalue weighted by Gasteiger charge is 2.21. The van der Waals surface area contributed by atoms with Gasteiger partial charge in [0.05, 0.1) is 11.4 Å². The summed E-state index contributed by atoms with van der Waals surface area (Å²) in [4.78, 5) is 13.5. The Morgan fingerprint density at radius 2 is 1.89 bits per heavy atom. The van der Waals surface area contributed by atoms with Crippen LogP contribution in [0.25, 0.3) is 0 Å². The second-order valence-electron chi connectivity index (χ2n) is 6.23. The Morgan fingerprint density at radius 3 is 2.37 bits per heavy atom. The molecule has 0 aliphatic carbocycles. The second kappa shape index (κ2) is 5.51. The minimum absolute atomic E-state index is 0.0218. The number of nitrogens with zero attached hydrogens (tertiary/aromatic N) is 1. The monoisotopic (exact) mass is 263 g/mol. The third-order valence-electron chi connectivity index (χ3n) is 3.38. The van der Waals surface area contributed by atoms with E-state index in [9.17, 15) is 4.79 Å². The van der Waals surface area contributed by atoms with Crippen molar-refractivity contribution >= 4 is 17.3 Å². The van der Waals surface area contributed by atoms with Crippen molar-refractivity contribution in [2.45, 2.75) is 33.7 Å². The Morgan fingerprint density at radius 1 is 1.32 bits per heavy atom. The molecular weight excluding hydrogens is 238 g/mol. The van der Waals surface area contributed by atoms with Crippen molar-refractivity contribution < 1.29 is 4.79 Å². The van der Waals surface area contributed by atoms with Gasteiger partial charge in [-0.05, 0) is 30.5 Å². The minimum atomic E-state index is -0.0218. The number of rotatable bonds is 3. The summed E-state index contributed by atoms with van der Waals surface area (Å²) < 4.78 is 0. The Balaban J connectivity index is 3.02. The molecule has 1 aromatic rings. The summed E-state index contributed by atoms with van der Waals surface area (Å²) >= 11 is 0. The molecule has 0 heterocycles. The summed E-state index contributed by atoms with van der Waals surface area (Å²) in [6, 6.07) is 5.60. The van der Waals surface area contributed by atoms with E-state index in [4.69, 9.17) is 5.73 Å². The lowest BCUT2D eigenvalue weighted by atomic mass is 9.88. The van der Waals surface area contributed by atoms with Crippen LogP contribution >= 0.6 is 0 Å². The topological polar surface area (TPSA) is 58.4 Å². The van der Waals surface area contributed by atoms with Crippen LogP contribution in [0.2, 0.25) is 0 Å². The molecule has 0 aliphatic rings. The van der Waals surface area contributed by atoms with Crippen LogP contribution in [0.15, 0.2) is 18.2 Å². The van der Waals surface area contributed by atoms with Crippen LogP contribution in [0.4, 0.5) is 11.4 Å². The third-order valence-corrected chi connectivity index (χ3v) is 3.38. The summed E-state index contributed by atoms with van der Waals surface area (Å²) in [5, 5.41) is 3.39. The highest BCUT2D eigenvalue weighted by molar-refractivity contribution is 5.95. The van der Waals surface area contributed by atoms with Crippen molar-refractivity contribution in [1.82, 2.24) is 4.90 Å². The first-order chi connectivity index (χ1) is 8.62. The minimum Gasteiger partial charge on any atom is -0.397 e. The van der Waals surface area contributed by atoms with E-state index in [1.165, 1.54) is 0 Å². The average molecular weight is 263 g/mol. The zero-order valence-corrected chi connectivity index (χ0v) is 12.7. The lowest BCUT2D eigenvalue weighted by Gasteiger charge is -2.29. The SMILES string of the molecule is CC(Nc1cc(C(=O)N(C)C)ccc1N)C(C)(C)C. The maximum atomic E-state index is 11.9. The lowest BCUT2D eigenvalue weighted by molar-refractivity contribution is 0.0827. The standard InChI is InChI=1S/C15H25N3O/c1-10(15(2,3)4)17-13-9-11(7-8-12(13)16)14(19)18(5)6/h7-10,17H,16H2,1-6H3. The van der Waals surface area contributed by atoms with E-state index in [0.717, 1.165) is 5.69 Å². The van der Waals surface area contributed by atoms with E-state index in [1.807, 2.05) is 6.07 Å². The van der Waals surface area contributed by atoms with Gasteiger partial charge in [-0.3, -0.25) is 4.79 Å². The van der Waals surface area contributed by atoms with E-state index in [2.05, 4.69) is 33.0 Å². The molecule has 4 nitrogen and oxygen atoms in total. The van der Waals surface area contributed by atoms with Gasteiger partial charge in [0, 0.05) is 25.7 Å². The molecule has 1 atom stereocenters. The molecule has 1 aromatic carbocycles. The number of nitrogens with two attached hydrogens (primary N) is 1. The van der Waals surface area contributed by atoms with Gasteiger partial charge in [0.2, 0.25) is 0 Å². The fourth-order valence-corrected chi connectivity index (χ4v) is 1.52. The normalized spacial score (nSPS) is 12.9. The molecule has 1 rings (SSSR count). The van der Waals surface area contributed by atoms with Crippen LogP contribution in [0.5, 0.6) is 0 Å². The van der Waals surface area contributed by atoms with Crippen molar-refractivity contribution in [2.24, 2.45) is 5.41 Å². The van der Waals surface area contributed by atoms with Gasteiger partial charge in [-0.2, -0.15) is 0 Å². The third kappa shape index (κ3) is 3.88. The highest BCUT2D eigenvalue weighted by Crippen LogP contribution is 2.27. The van der Waals surface area contributed by atoms with Gasteiger partial charge in [0.1, 0.15) is 0 Å². The van der Waals surface area contributed by atoms with Crippen LogP contribution < -0.4 is 11.1 Å². The summed E-state index contributed by atoms with van der Waals surface area (Å²) in [5.74, 6) is -0.0218. The molecule has 0 aliphatic heterocycles. The summed E-state index contributed by atoms with van der Waals surface area (Å²) in [7, 11) is 3.48. The fraction of sp³-hybridized carbons (Fsp3) is 0.533. The number of nitrogen functional groups attached to an aromatic ring is 1. The van der Waals surface area contributed by atoms with Crippen molar-refractivity contribution in [1.29, 1.82) is 0 Å². The molecule has 0 fully saturated rings. The number of carbonyl (C=O) groups excluding carboxylic acids is 1. The van der Waals surface area contributed by atoms with Crippen molar-refractivity contribution in [3.8, 4) is 0 Å². The molecular formula is C15H25N3O. The molecule has 0 saturated heterocycles. The second-order valence-corrected chi connectivity index (χ2v) is 6.23. The van der Waals surface area contributed by atoms with Gasteiger partial charge in [-0.25, -0.2) is 0 Å². The molecule has 0 aromatic heterocycles. The van der Waals surface area contributed by atoms with Gasteiger partial charge >= 0.3 is 0 Å². The predicted molar refractivity (Wildman–Crippen MR) is 81.4 cm³/mol. The van der Waals surface area contributed by atoms with Crippen molar-refractivity contribution in [3.05, 3.63) is 23.8 Å². The number of carbonyl (C=O) groups is 1. The summed E-state index contributed by atoms with van der Waals surface area (Å²) in [5.41, 5.74) is 8.20. The van der Waals surface area contributed by atoms with Crippen LogP contribution in [-0.4, -0.2) is 30.9 Å². The highest BCUT2D eigenvalue weighted by atomic mass is 16.2. The number of hydrogen-bond acceptors (Lipinski definition) is 3. The van der Waals surface area contributed by atoms with Crippen LogP contribution in [0.3, 0.4) is 0 Å². The zero-order valence-electron chi connectivity index (χ0n) is 12.7. The van der Waals surface area contributed by atoms with Gasteiger partial charge in [-0.1, -0.05) is 20.8 Å². The summed E-state index contributed by atoms with van der Waals surface area (Å²) in [6.45, 7) is 8.60. The van der Waals surface area contributed by atoms with Crippen molar-refractivity contribution in [2.75, 3.05) is 25.1 Å². The number of benzene rings is 1. The van der Waals surface area contributed by atoms with E-state index in [1.54, 1.807) is 31.1 Å². The first kappa shape index (κ1) is 15.3. The quantitative estimate of drug-likeness (QED) is 0.824. The lowest BCUT2D eigenvalue weighted by Crippen LogP contribution is -2.31. The predicted octanol–water partition coefficient (Wildman–Crippen LogP) is 2.82. The van der Waals surface area contributed by atoms with E-state index < -0.39 is 0 Å². The van der Waals surface area contributed by atoms with E-state index in [0.29, 0.717) is 11.3 Å².